The molecule has 0 bridgehead atoms. The van der Waals surface area contributed by atoms with Gasteiger partial charge in [-0.15, -0.1) is 0 Å². The molecule has 20 heavy (non-hydrogen) atoms. The lowest BCUT2D eigenvalue weighted by molar-refractivity contribution is -0.124. The fourth-order valence-electron chi connectivity index (χ4n) is 1.85. The zero-order valence-corrected chi connectivity index (χ0v) is 11.4. The average Bonchev–Trinajstić information content (AvgIpc) is 2.50. The van der Waals surface area contributed by atoms with Gasteiger partial charge in [-0.1, -0.05) is 37.3 Å². The Hall–Kier alpha value is -2.36. The Labute approximate surface area is 117 Å². The van der Waals surface area contributed by atoms with Gasteiger partial charge in [0.25, 0.3) is 5.91 Å². The van der Waals surface area contributed by atoms with Gasteiger partial charge in [0, 0.05) is 6.54 Å². The number of fused-ring (bicyclic) bond motifs is 1. The molecule has 0 atom stereocenters. The van der Waals surface area contributed by atoms with Crippen molar-refractivity contribution < 1.29 is 14.3 Å². The molecular formula is C16H17NO3. The van der Waals surface area contributed by atoms with Gasteiger partial charge in [0.15, 0.2) is 6.61 Å². The standard InChI is InChI=1S/C16H17NO3/c1-2-9-17-15(18)11-20-16(19)14-8-7-12-5-3-4-6-13(12)10-14/h3-8,10H,2,9,11H2,1H3,(H,17,18). The topological polar surface area (TPSA) is 55.4 Å². The van der Waals surface area contributed by atoms with E-state index in [1.165, 1.54) is 0 Å². The summed E-state index contributed by atoms with van der Waals surface area (Å²) in [5.74, 6) is -0.761. The fourth-order valence-corrected chi connectivity index (χ4v) is 1.85. The van der Waals surface area contributed by atoms with Crippen LogP contribution in [-0.2, 0) is 9.53 Å². The van der Waals surface area contributed by atoms with Gasteiger partial charge in [-0.05, 0) is 29.3 Å². The van der Waals surface area contributed by atoms with Gasteiger partial charge in [0.2, 0.25) is 0 Å². The first-order valence-electron chi connectivity index (χ1n) is 6.63. The molecule has 2 aromatic rings. The van der Waals surface area contributed by atoms with Gasteiger partial charge < -0.3 is 10.1 Å². The zero-order valence-electron chi connectivity index (χ0n) is 11.4. The Kier molecular flexibility index (Phi) is 4.71. The zero-order chi connectivity index (χ0) is 14.4. The summed E-state index contributed by atoms with van der Waals surface area (Å²) in [5.41, 5.74) is 0.451. The van der Waals surface area contributed by atoms with Crippen LogP contribution >= 0.6 is 0 Å². The number of esters is 1. The van der Waals surface area contributed by atoms with E-state index in [0.717, 1.165) is 17.2 Å². The summed E-state index contributed by atoms with van der Waals surface area (Å²) in [6.07, 6.45) is 0.852. The van der Waals surface area contributed by atoms with Gasteiger partial charge in [-0.2, -0.15) is 0 Å². The minimum absolute atomic E-state index is 0.244. The monoisotopic (exact) mass is 271 g/mol. The second-order valence-corrected chi connectivity index (χ2v) is 4.49. The lowest BCUT2D eigenvalue weighted by Gasteiger charge is -2.06. The van der Waals surface area contributed by atoms with Crippen LogP contribution in [0.3, 0.4) is 0 Å². The molecule has 4 heteroatoms. The van der Waals surface area contributed by atoms with Crippen molar-refractivity contribution in [1.29, 1.82) is 0 Å². The number of rotatable bonds is 5. The number of carbonyl (C=O) groups is 2. The largest absolute Gasteiger partial charge is 0.452 e. The van der Waals surface area contributed by atoms with Crippen LogP contribution in [0.2, 0.25) is 0 Å². The Morgan fingerprint density at radius 2 is 1.85 bits per heavy atom. The molecule has 0 spiro atoms. The van der Waals surface area contributed by atoms with Crippen molar-refractivity contribution in [3.05, 3.63) is 48.0 Å². The maximum Gasteiger partial charge on any atom is 0.338 e. The molecule has 0 fully saturated rings. The normalized spacial score (nSPS) is 10.2. The van der Waals surface area contributed by atoms with Crippen LogP contribution in [0.25, 0.3) is 10.8 Å². The first kappa shape index (κ1) is 14.1. The summed E-state index contributed by atoms with van der Waals surface area (Å²) >= 11 is 0. The third kappa shape index (κ3) is 3.57. The fraction of sp³-hybridized carbons (Fsp3) is 0.250. The predicted molar refractivity (Wildman–Crippen MR) is 77.5 cm³/mol. The number of hydrogen-bond acceptors (Lipinski definition) is 3. The third-order valence-electron chi connectivity index (χ3n) is 2.89. The highest BCUT2D eigenvalue weighted by Crippen LogP contribution is 2.16. The highest BCUT2D eigenvalue weighted by atomic mass is 16.5. The van der Waals surface area contributed by atoms with E-state index in [1.807, 2.05) is 37.3 Å². The van der Waals surface area contributed by atoms with E-state index in [2.05, 4.69) is 5.32 Å². The van der Waals surface area contributed by atoms with Crippen LogP contribution < -0.4 is 5.32 Å². The molecule has 0 saturated heterocycles. The first-order valence-corrected chi connectivity index (χ1v) is 6.63. The van der Waals surface area contributed by atoms with Gasteiger partial charge >= 0.3 is 5.97 Å². The van der Waals surface area contributed by atoms with Crippen molar-refractivity contribution >= 4 is 22.6 Å². The van der Waals surface area contributed by atoms with E-state index in [1.54, 1.807) is 12.1 Å². The summed E-state index contributed by atoms with van der Waals surface area (Å²) < 4.78 is 4.98. The Balaban J connectivity index is 1.99. The summed E-state index contributed by atoms with van der Waals surface area (Å²) in [7, 11) is 0. The van der Waals surface area contributed by atoms with Crippen LogP contribution in [0.15, 0.2) is 42.5 Å². The molecule has 0 unspecified atom stereocenters. The molecule has 0 aliphatic rings. The van der Waals surface area contributed by atoms with Crippen molar-refractivity contribution in [2.75, 3.05) is 13.2 Å². The molecular weight excluding hydrogens is 254 g/mol. The molecule has 0 aliphatic carbocycles. The molecule has 1 amide bonds. The number of ether oxygens (including phenoxy) is 1. The molecule has 104 valence electrons. The highest BCUT2D eigenvalue weighted by molar-refractivity contribution is 5.96. The van der Waals surface area contributed by atoms with Crippen LogP contribution in [0.1, 0.15) is 23.7 Å². The van der Waals surface area contributed by atoms with Crippen molar-refractivity contribution in [3.63, 3.8) is 0 Å². The van der Waals surface area contributed by atoms with Crippen LogP contribution in [0.5, 0.6) is 0 Å². The summed E-state index contributed by atoms with van der Waals surface area (Å²) in [6, 6.07) is 13.1. The van der Waals surface area contributed by atoms with Gasteiger partial charge in [-0.25, -0.2) is 4.79 Å². The Bertz CT molecular complexity index is 622. The molecule has 0 aliphatic heterocycles. The molecule has 1 N–H and O–H groups in total. The smallest absolute Gasteiger partial charge is 0.338 e. The predicted octanol–water partition coefficient (Wildman–Crippen LogP) is 2.52. The summed E-state index contributed by atoms with van der Waals surface area (Å²) in [4.78, 5) is 23.2. The molecule has 2 rings (SSSR count). The van der Waals surface area contributed by atoms with Gasteiger partial charge in [-0.3, -0.25) is 4.79 Å². The van der Waals surface area contributed by atoms with Crippen LogP contribution in [-0.4, -0.2) is 25.0 Å². The number of benzene rings is 2. The molecule has 0 radical (unpaired) electrons. The SMILES string of the molecule is CCCNC(=O)COC(=O)c1ccc2ccccc2c1. The lowest BCUT2D eigenvalue weighted by Crippen LogP contribution is -2.29. The van der Waals surface area contributed by atoms with Gasteiger partial charge in [0.1, 0.15) is 0 Å². The summed E-state index contributed by atoms with van der Waals surface area (Å²) in [5, 5.41) is 4.68. The Morgan fingerprint density at radius 1 is 1.10 bits per heavy atom. The molecule has 2 aromatic carbocycles. The third-order valence-corrected chi connectivity index (χ3v) is 2.89. The van der Waals surface area contributed by atoms with Crippen molar-refractivity contribution in [2.24, 2.45) is 0 Å². The minimum atomic E-state index is -0.484. The number of carbonyl (C=O) groups excluding carboxylic acids is 2. The van der Waals surface area contributed by atoms with Gasteiger partial charge in [0.05, 0.1) is 5.56 Å². The summed E-state index contributed by atoms with van der Waals surface area (Å²) in [6.45, 7) is 2.30. The van der Waals surface area contributed by atoms with Crippen LogP contribution in [0.4, 0.5) is 0 Å². The van der Waals surface area contributed by atoms with Crippen molar-refractivity contribution in [1.82, 2.24) is 5.32 Å². The lowest BCUT2D eigenvalue weighted by atomic mass is 10.1. The maximum absolute atomic E-state index is 11.9. The highest BCUT2D eigenvalue weighted by Gasteiger charge is 2.10. The van der Waals surface area contributed by atoms with E-state index in [4.69, 9.17) is 4.74 Å². The molecule has 0 heterocycles. The quantitative estimate of drug-likeness (QED) is 0.850. The van der Waals surface area contributed by atoms with Crippen molar-refractivity contribution in [2.45, 2.75) is 13.3 Å². The molecule has 0 saturated carbocycles. The second kappa shape index (κ2) is 6.70. The minimum Gasteiger partial charge on any atom is -0.452 e. The van der Waals surface area contributed by atoms with Crippen LogP contribution in [0, 0.1) is 0 Å². The number of nitrogens with one attached hydrogen (secondary N) is 1. The van der Waals surface area contributed by atoms with E-state index in [0.29, 0.717) is 12.1 Å². The molecule has 4 nitrogen and oxygen atoms in total. The van der Waals surface area contributed by atoms with E-state index in [9.17, 15) is 9.59 Å². The first-order chi connectivity index (χ1) is 9.70. The molecule has 0 aromatic heterocycles. The maximum atomic E-state index is 11.9. The van der Waals surface area contributed by atoms with E-state index in [-0.39, 0.29) is 12.5 Å². The van der Waals surface area contributed by atoms with Crippen molar-refractivity contribution in [3.8, 4) is 0 Å². The number of amides is 1. The number of hydrogen-bond donors (Lipinski definition) is 1. The average molecular weight is 271 g/mol. The van der Waals surface area contributed by atoms with E-state index < -0.39 is 5.97 Å². The Morgan fingerprint density at radius 3 is 2.60 bits per heavy atom. The second-order valence-electron chi connectivity index (χ2n) is 4.49. The van der Waals surface area contributed by atoms with E-state index >= 15 is 0 Å².